The molecule has 11 rings (SSSR count). The topological polar surface area (TPSA) is 29.0 Å². The average Bonchev–Trinajstić information content (AvgIpc) is 3.68. The van der Waals surface area contributed by atoms with Crippen LogP contribution in [0.25, 0.3) is 86.7 Å². The van der Waals surface area contributed by atoms with E-state index in [-0.39, 0.29) is 0 Å². The summed E-state index contributed by atoms with van der Waals surface area (Å²) in [4.78, 5) is 13.0. The number of nitrogens with zero attached hydrogens (tertiary/aromatic N) is 3. The second-order valence-corrected chi connectivity index (χ2v) is 15.7. The second-order valence-electron chi connectivity index (χ2n) is 14.6. The van der Waals surface area contributed by atoms with Crippen molar-refractivity contribution in [2.24, 2.45) is 0 Å². The lowest BCUT2D eigenvalue weighted by molar-refractivity contribution is 1.29. The van der Waals surface area contributed by atoms with E-state index in [9.17, 15) is 0 Å². The van der Waals surface area contributed by atoms with E-state index in [0.29, 0.717) is 0 Å². The lowest BCUT2D eigenvalue weighted by Crippen LogP contribution is -2.10. The van der Waals surface area contributed by atoms with Crippen molar-refractivity contribution < 1.29 is 0 Å². The molecule has 4 heteroatoms. The predicted octanol–water partition coefficient (Wildman–Crippen LogP) is 15.3. The molecule has 0 amide bonds. The van der Waals surface area contributed by atoms with Crippen LogP contribution in [0, 0.1) is 0 Å². The lowest BCUT2D eigenvalue weighted by atomic mass is 9.98. The molecule has 3 nitrogen and oxygen atoms in total. The van der Waals surface area contributed by atoms with Gasteiger partial charge >= 0.3 is 0 Å². The van der Waals surface area contributed by atoms with Crippen LogP contribution in [0.5, 0.6) is 0 Å². The Kier molecular flexibility index (Phi) is 8.34. The fraction of sp³-hybridized carbons (Fsp3) is 0. The van der Waals surface area contributed by atoms with Gasteiger partial charge in [-0.15, -0.1) is 11.3 Å². The molecular weight excluding hydrogens is 723 g/mol. The van der Waals surface area contributed by atoms with Crippen molar-refractivity contribution in [3.05, 3.63) is 212 Å². The molecular formula is C54H35N3S. The van der Waals surface area contributed by atoms with E-state index < -0.39 is 0 Å². The average molecular weight is 758 g/mol. The Morgan fingerprint density at radius 3 is 1.64 bits per heavy atom. The van der Waals surface area contributed by atoms with Crippen LogP contribution in [0.15, 0.2) is 212 Å². The third kappa shape index (κ3) is 6.08. The molecule has 58 heavy (non-hydrogen) atoms. The Labute approximate surface area is 340 Å². The van der Waals surface area contributed by atoms with Gasteiger partial charge in [-0.1, -0.05) is 152 Å². The molecule has 0 radical (unpaired) electrons. The van der Waals surface area contributed by atoms with Gasteiger partial charge in [0.1, 0.15) is 0 Å². The quantitative estimate of drug-likeness (QED) is 0.152. The molecule has 0 saturated carbocycles. The number of aromatic nitrogens is 2. The van der Waals surface area contributed by atoms with E-state index in [1.807, 2.05) is 23.5 Å². The van der Waals surface area contributed by atoms with Crippen LogP contribution in [0.1, 0.15) is 0 Å². The minimum atomic E-state index is 0.877. The number of fused-ring (bicyclic) bond motifs is 6. The highest BCUT2D eigenvalue weighted by Gasteiger charge is 2.18. The van der Waals surface area contributed by atoms with Gasteiger partial charge in [0.05, 0.1) is 22.4 Å². The Balaban J connectivity index is 1.03. The van der Waals surface area contributed by atoms with E-state index in [1.165, 1.54) is 31.3 Å². The second kappa shape index (κ2) is 14.3. The van der Waals surface area contributed by atoms with Crippen LogP contribution in [0.4, 0.5) is 17.1 Å². The van der Waals surface area contributed by atoms with E-state index in [0.717, 1.165) is 72.5 Å². The van der Waals surface area contributed by atoms with Gasteiger partial charge in [-0.3, -0.25) is 0 Å². The first-order valence-corrected chi connectivity index (χ1v) is 20.4. The summed E-state index contributed by atoms with van der Waals surface area (Å²) < 4.78 is 2.60. The first kappa shape index (κ1) is 33.9. The Morgan fingerprint density at radius 2 is 0.879 bits per heavy atom. The van der Waals surface area contributed by atoms with Gasteiger partial charge in [0.15, 0.2) is 0 Å². The molecule has 0 atom stereocenters. The molecule has 0 aliphatic heterocycles. The highest BCUT2D eigenvalue weighted by atomic mass is 32.1. The third-order valence-corrected chi connectivity index (χ3v) is 12.2. The van der Waals surface area contributed by atoms with Crippen molar-refractivity contribution in [3.63, 3.8) is 0 Å². The van der Waals surface area contributed by atoms with Gasteiger partial charge in [-0.05, 0) is 88.3 Å². The number of thiophene rings is 1. The maximum Gasteiger partial charge on any atom is 0.0973 e. The predicted molar refractivity (Wildman–Crippen MR) is 246 cm³/mol. The smallest absolute Gasteiger partial charge is 0.0973 e. The molecule has 0 spiro atoms. The minimum Gasteiger partial charge on any atom is -0.310 e. The number of rotatable bonds is 7. The molecule has 0 unspecified atom stereocenters. The Bertz CT molecular complexity index is 3270. The van der Waals surface area contributed by atoms with Crippen molar-refractivity contribution in [1.82, 2.24) is 9.97 Å². The van der Waals surface area contributed by atoms with E-state index in [4.69, 9.17) is 9.97 Å². The van der Waals surface area contributed by atoms with Crippen LogP contribution < -0.4 is 4.90 Å². The lowest BCUT2D eigenvalue weighted by Gasteiger charge is -2.26. The SMILES string of the molecule is c1ccc(-c2cccc(N(c3ccc(-c4ccc5ccc6nc(-c7ccccc7)c(-c7ccccc7)nc6c5c4)cc3)c3ccc4sc5ccccc5c4c3)c2)cc1. The molecule has 0 saturated heterocycles. The van der Waals surface area contributed by atoms with Gasteiger partial charge in [0.25, 0.3) is 0 Å². The fourth-order valence-corrected chi connectivity index (χ4v) is 9.26. The van der Waals surface area contributed by atoms with Crippen molar-refractivity contribution in [2.75, 3.05) is 4.90 Å². The Morgan fingerprint density at radius 1 is 0.328 bits per heavy atom. The van der Waals surface area contributed by atoms with Crippen molar-refractivity contribution >= 4 is 70.4 Å². The normalized spacial score (nSPS) is 11.4. The highest BCUT2D eigenvalue weighted by Crippen LogP contribution is 2.42. The van der Waals surface area contributed by atoms with Crippen molar-refractivity contribution in [3.8, 4) is 44.8 Å². The third-order valence-electron chi connectivity index (χ3n) is 11.0. The zero-order chi connectivity index (χ0) is 38.4. The zero-order valence-corrected chi connectivity index (χ0v) is 32.3. The Hall–Kier alpha value is -7.40. The van der Waals surface area contributed by atoms with Crippen LogP contribution >= 0.6 is 11.3 Å². The minimum absolute atomic E-state index is 0.877. The largest absolute Gasteiger partial charge is 0.310 e. The summed E-state index contributed by atoms with van der Waals surface area (Å²) in [6, 6.07) is 75.7. The van der Waals surface area contributed by atoms with Crippen LogP contribution in [-0.4, -0.2) is 9.97 Å². The number of hydrogen-bond acceptors (Lipinski definition) is 4. The molecule has 11 aromatic rings. The molecule has 272 valence electrons. The monoisotopic (exact) mass is 757 g/mol. The molecule has 0 aliphatic rings. The summed E-state index contributed by atoms with van der Waals surface area (Å²) in [5.74, 6) is 0. The molecule has 9 aromatic carbocycles. The number of hydrogen-bond donors (Lipinski definition) is 0. The summed E-state index contributed by atoms with van der Waals surface area (Å²) in [5.41, 5.74) is 13.6. The van der Waals surface area contributed by atoms with Gasteiger partial charge in [-0.2, -0.15) is 0 Å². The standard InChI is InChI=1S/C54H35N3S/c1-4-13-36(14-5-1)41-19-12-20-44(33-41)57(45-30-32-51-48(35-45)46-21-10-11-22-50(46)58-51)43-28-25-37(26-29-43)42-24-23-38-27-31-49-54(47(38)34-42)56-53(40-17-8-3-9-18-40)52(55-49)39-15-6-2-7-16-39/h1-35H. The molecule has 0 N–H and O–H groups in total. The molecule has 2 heterocycles. The molecule has 0 bridgehead atoms. The van der Waals surface area contributed by atoms with Crippen LogP contribution in [0.2, 0.25) is 0 Å². The van der Waals surface area contributed by atoms with E-state index in [2.05, 4.69) is 205 Å². The number of benzene rings is 9. The fourth-order valence-electron chi connectivity index (χ4n) is 8.17. The van der Waals surface area contributed by atoms with Gasteiger partial charge in [-0.25, -0.2) is 9.97 Å². The van der Waals surface area contributed by atoms with E-state index >= 15 is 0 Å². The molecule has 2 aromatic heterocycles. The summed E-state index contributed by atoms with van der Waals surface area (Å²) in [5, 5.41) is 4.78. The summed E-state index contributed by atoms with van der Waals surface area (Å²) in [7, 11) is 0. The molecule has 0 fully saturated rings. The summed E-state index contributed by atoms with van der Waals surface area (Å²) >= 11 is 1.85. The van der Waals surface area contributed by atoms with Crippen molar-refractivity contribution in [2.45, 2.75) is 0 Å². The molecule has 0 aliphatic carbocycles. The first-order valence-electron chi connectivity index (χ1n) is 19.6. The maximum absolute atomic E-state index is 5.39. The van der Waals surface area contributed by atoms with Crippen LogP contribution in [-0.2, 0) is 0 Å². The van der Waals surface area contributed by atoms with E-state index in [1.54, 1.807) is 0 Å². The summed E-state index contributed by atoms with van der Waals surface area (Å²) in [6.07, 6.45) is 0. The summed E-state index contributed by atoms with van der Waals surface area (Å²) in [6.45, 7) is 0. The van der Waals surface area contributed by atoms with Crippen LogP contribution in [0.3, 0.4) is 0 Å². The van der Waals surface area contributed by atoms with Gasteiger partial charge < -0.3 is 4.90 Å². The maximum atomic E-state index is 5.39. The first-order chi connectivity index (χ1) is 28.7. The highest BCUT2D eigenvalue weighted by molar-refractivity contribution is 7.25. The van der Waals surface area contributed by atoms with Gasteiger partial charge in [0.2, 0.25) is 0 Å². The van der Waals surface area contributed by atoms with Crippen molar-refractivity contribution in [1.29, 1.82) is 0 Å². The zero-order valence-electron chi connectivity index (χ0n) is 31.5. The van der Waals surface area contributed by atoms with Gasteiger partial charge in [0, 0.05) is 53.7 Å². The number of anilines is 3.